The molecule has 1 heterocycles. The maximum Gasteiger partial charge on any atom is -0.00489 e. The first-order valence-electron chi connectivity index (χ1n) is 6.71. The molecule has 0 bridgehead atoms. The summed E-state index contributed by atoms with van der Waals surface area (Å²) >= 11 is 0. The van der Waals surface area contributed by atoms with Crippen LogP contribution in [0.1, 0.15) is 70.6 Å². The van der Waals surface area contributed by atoms with Gasteiger partial charge < -0.3 is 5.32 Å². The van der Waals surface area contributed by atoms with Crippen molar-refractivity contribution in [3.05, 3.63) is 0 Å². The number of hydrogen-bond acceptors (Lipinski definition) is 1. The summed E-state index contributed by atoms with van der Waals surface area (Å²) in [4.78, 5) is 0. The first-order valence-corrected chi connectivity index (χ1v) is 6.71. The van der Waals surface area contributed by atoms with Crippen LogP contribution in [0.5, 0.6) is 0 Å². The third-order valence-corrected chi connectivity index (χ3v) is 2.81. The van der Waals surface area contributed by atoms with E-state index in [1.807, 2.05) is 0 Å². The van der Waals surface area contributed by atoms with Crippen LogP contribution in [0.2, 0.25) is 0 Å². The minimum absolute atomic E-state index is 1.25. The van der Waals surface area contributed by atoms with Crippen LogP contribution in [0.25, 0.3) is 0 Å². The highest BCUT2D eigenvalue weighted by molar-refractivity contribution is 4.55. The highest BCUT2D eigenvalue weighted by Crippen LogP contribution is 2.15. The van der Waals surface area contributed by atoms with Gasteiger partial charge >= 0.3 is 0 Å². The Morgan fingerprint density at radius 3 is 0.786 bits per heavy atom. The topological polar surface area (TPSA) is 12.0 Å². The molecule has 2 saturated carbocycles. The Balaban J connectivity index is 0.000000110. The monoisotopic (exact) mass is 197 g/mol. The number of hydrogen-bond donors (Lipinski definition) is 1. The van der Waals surface area contributed by atoms with Crippen LogP contribution in [0.15, 0.2) is 0 Å². The molecule has 0 atom stereocenters. The summed E-state index contributed by atoms with van der Waals surface area (Å²) in [6.45, 7) is 2.50. The molecule has 1 saturated heterocycles. The molecule has 0 aromatic rings. The largest absolute Gasteiger partial charge is 0.317 e. The number of nitrogens with one attached hydrogen (secondary N) is 1. The van der Waals surface area contributed by atoms with Gasteiger partial charge in [0.05, 0.1) is 0 Å². The lowest BCUT2D eigenvalue weighted by atomic mass is 10.2. The zero-order valence-corrected chi connectivity index (χ0v) is 9.69. The second-order valence-corrected chi connectivity index (χ2v) is 4.64. The second-order valence-electron chi connectivity index (χ2n) is 4.64. The second kappa shape index (κ2) is 9.51. The molecule has 0 spiro atoms. The summed E-state index contributed by atoms with van der Waals surface area (Å²) < 4.78 is 0. The van der Waals surface area contributed by atoms with Crippen LogP contribution in [-0.4, -0.2) is 13.1 Å². The predicted octanol–water partition coefficient (Wildman–Crippen LogP) is 3.88. The lowest BCUT2D eigenvalue weighted by Gasteiger charge is -2.08. The van der Waals surface area contributed by atoms with Crippen LogP contribution >= 0.6 is 0 Å². The minimum Gasteiger partial charge on any atom is -0.317 e. The van der Waals surface area contributed by atoms with E-state index in [0.29, 0.717) is 0 Å². The Hall–Kier alpha value is -0.0400. The zero-order chi connectivity index (χ0) is 9.90. The molecular weight excluding hydrogens is 170 g/mol. The van der Waals surface area contributed by atoms with Crippen molar-refractivity contribution in [3.8, 4) is 0 Å². The Labute approximate surface area is 89.7 Å². The molecule has 1 N–H and O–H groups in total. The van der Waals surface area contributed by atoms with Gasteiger partial charge in [-0.15, -0.1) is 0 Å². The van der Waals surface area contributed by atoms with Crippen molar-refractivity contribution in [2.75, 3.05) is 13.1 Å². The van der Waals surface area contributed by atoms with Gasteiger partial charge in [0.1, 0.15) is 0 Å². The fourth-order valence-electron chi connectivity index (χ4n) is 1.69. The molecule has 1 heteroatoms. The first-order chi connectivity index (χ1) is 7.00. The molecule has 84 valence electrons. The van der Waals surface area contributed by atoms with E-state index in [1.165, 1.54) is 83.7 Å². The van der Waals surface area contributed by atoms with Gasteiger partial charge in [-0.1, -0.05) is 57.8 Å². The van der Waals surface area contributed by atoms with Gasteiger partial charge in [0.2, 0.25) is 0 Å². The fraction of sp³-hybridized carbons (Fsp3) is 1.00. The van der Waals surface area contributed by atoms with Crippen LogP contribution in [0, 0.1) is 0 Å². The lowest BCUT2D eigenvalue weighted by molar-refractivity contribution is 0.520. The summed E-state index contributed by atoms with van der Waals surface area (Å²) in [6, 6.07) is 0. The molecule has 1 aliphatic heterocycles. The van der Waals surface area contributed by atoms with Gasteiger partial charge in [0.15, 0.2) is 0 Å². The summed E-state index contributed by atoms with van der Waals surface area (Å²) in [7, 11) is 0. The molecule has 3 fully saturated rings. The van der Waals surface area contributed by atoms with E-state index in [0.717, 1.165) is 0 Å². The van der Waals surface area contributed by atoms with Gasteiger partial charge in [-0.25, -0.2) is 0 Å². The summed E-state index contributed by atoms with van der Waals surface area (Å²) in [5, 5.41) is 3.28. The van der Waals surface area contributed by atoms with Gasteiger partial charge in [-0.05, 0) is 25.9 Å². The van der Waals surface area contributed by atoms with Crippen molar-refractivity contribution in [1.29, 1.82) is 0 Å². The van der Waals surface area contributed by atoms with E-state index in [9.17, 15) is 0 Å². The van der Waals surface area contributed by atoms with Crippen LogP contribution in [0.3, 0.4) is 0 Å². The maximum atomic E-state index is 3.28. The molecule has 0 amide bonds. The molecule has 1 nitrogen and oxygen atoms in total. The smallest absolute Gasteiger partial charge is 0.00489 e. The fourth-order valence-corrected chi connectivity index (χ4v) is 1.69. The van der Waals surface area contributed by atoms with Crippen LogP contribution in [-0.2, 0) is 0 Å². The Morgan fingerprint density at radius 2 is 0.643 bits per heavy atom. The Bertz CT molecular complexity index is 79.9. The van der Waals surface area contributed by atoms with Crippen molar-refractivity contribution >= 4 is 0 Å². The van der Waals surface area contributed by atoms with Crippen molar-refractivity contribution in [2.45, 2.75) is 70.6 Å². The average molecular weight is 197 g/mol. The molecule has 2 aliphatic carbocycles. The van der Waals surface area contributed by atoms with Crippen molar-refractivity contribution in [3.63, 3.8) is 0 Å². The van der Waals surface area contributed by atoms with Gasteiger partial charge in [0.25, 0.3) is 0 Å². The first kappa shape index (κ1) is 12.0. The highest BCUT2D eigenvalue weighted by atomic mass is 14.9. The molecule has 0 unspecified atom stereocenters. The zero-order valence-electron chi connectivity index (χ0n) is 9.69. The lowest BCUT2D eigenvalue weighted by Crippen LogP contribution is -2.21. The van der Waals surface area contributed by atoms with E-state index in [2.05, 4.69) is 5.32 Å². The third kappa shape index (κ3) is 10.0. The summed E-state index contributed by atoms with van der Waals surface area (Å²) in [6.07, 6.45) is 16.2. The molecule has 3 rings (SSSR count). The Kier molecular flexibility index (Phi) is 8.18. The third-order valence-electron chi connectivity index (χ3n) is 2.81. The molecule has 0 aromatic carbocycles. The molecular formula is C13H27N. The van der Waals surface area contributed by atoms with Crippen LogP contribution < -0.4 is 5.32 Å². The molecule has 3 aliphatic rings. The predicted molar refractivity (Wildman–Crippen MR) is 63.7 cm³/mol. The molecule has 0 radical (unpaired) electrons. The van der Waals surface area contributed by atoms with Crippen molar-refractivity contribution in [1.82, 2.24) is 5.32 Å². The minimum atomic E-state index is 1.25. The normalized spacial score (nSPS) is 24.0. The molecule has 14 heavy (non-hydrogen) atoms. The quantitative estimate of drug-likeness (QED) is 0.621. The maximum absolute atomic E-state index is 3.28. The number of piperidine rings is 1. The van der Waals surface area contributed by atoms with E-state index in [4.69, 9.17) is 0 Å². The van der Waals surface area contributed by atoms with E-state index in [-0.39, 0.29) is 0 Å². The highest BCUT2D eigenvalue weighted by Gasteiger charge is 1.95. The average Bonchev–Trinajstić information content (AvgIpc) is 3.04. The summed E-state index contributed by atoms with van der Waals surface area (Å²) in [5.74, 6) is 0. The van der Waals surface area contributed by atoms with Crippen molar-refractivity contribution in [2.24, 2.45) is 0 Å². The van der Waals surface area contributed by atoms with E-state index in [1.54, 1.807) is 0 Å². The van der Waals surface area contributed by atoms with E-state index >= 15 is 0 Å². The van der Waals surface area contributed by atoms with Crippen molar-refractivity contribution < 1.29 is 0 Å². The van der Waals surface area contributed by atoms with E-state index < -0.39 is 0 Å². The Morgan fingerprint density at radius 1 is 0.357 bits per heavy atom. The standard InChI is InChI=1S/C5H11N.C5H10.C3H6/c1-2-4-6-5-3-1;1-2-4-5-3-1;1-2-3-1/h6H,1-5H2;1-5H2;1-3H2. The van der Waals surface area contributed by atoms with Gasteiger partial charge in [-0.2, -0.15) is 0 Å². The SMILES string of the molecule is C1CC1.C1CCCC1.C1CCNCC1. The van der Waals surface area contributed by atoms with Crippen LogP contribution in [0.4, 0.5) is 0 Å². The summed E-state index contributed by atoms with van der Waals surface area (Å²) in [5.41, 5.74) is 0. The number of rotatable bonds is 0. The van der Waals surface area contributed by atoms with Gasteiger partial charge in [0, 0.05) is 0 Å². The van der Waals surface area contributed by atoms with Gasteiger partial charge in [-0.3, -0.25) is 0 Å². The molecule has 0 aromatic heterocycles.